The molecule has 3 fully saturated rings. The summed E-state index contributed by atoms with van der Waals surface area (Å²) in [5.41, 5.74) is 1.07. The number of fused-ring (bicyclic) bond motifs is 1. The maximum absolute atomic E-state index is 11.5. The lowest BCUT2D eigenvalue weighted by Gasteiger charge is -2.29. The van der Waals surface area contributed by atoms with Crippen molar-refractivity contribution in [3.8, 4) is 0 Å². The van der Waals surface area contributed by atoms with Crippen LogP contribution in [0.4, 0.5) is 0 Å². The fourth-order valence-corrected chi connectivity index (χ4v) is 6.20. The van der Waals surface area contributed by atoms with Crippen LogP contribution in [0.2, 0.25) is 0 Å². The van der Waals surface area contributed by atoms with Gasteiger partial charge in [0.25, 0.3) is 0 Å². The molecule has 1 spiro atoms. The third-order valence-corrected chi connectivity index (χ3v) is 7.62. The average molecular weight is 372 g/mol. The third kappa shape index (κ3) is 2.92. The molecular weight excluding hydrogens is 346 g/mol. The monoisotopic (exact) mass is 371 g/mol. The lowest BCUT2D eigenvalue weighted by Crippen LogP contribution is -2.41. The molecule has 0 aromatic carbocycles. The molecular formula is C16H25N3O3S2. The van der Waals surface area contributed by atoms with Crippen molar-refractivity contribution in [2.75, 3.05) is 25.9 Å². The minimum atomic E-state index is -3.15. The molecule has 6 nitrogen and oxygen atoms in total. The zero-order valence-corrected chi connectivity index (χ0v) is 16.0. The highest BCUT2D eigenvalue weighted by atomic mass is 32.2. The predicted octanol–water partition coefficient (Wildman–Crippen LogP) is 1.29. The Morgan fingerprint density at radius 1 is 1.46 bits per heavy atom. The van der Waals surface area contributed by atoms with Crippen molar-refractivity contribution in [2.24, 2.45) is 11.8 Å². The standard InChI is InChI=1S/C16H25N3O3S2/c1-10-11(2)23-15(18-10)8-19-7-13-12(6-17-24(3,20)21)14-4-5-16(13,9-19)22-14/h12-14,17H,4-9H2,1-3H3/t12-,13+,14+,16+/m0/s1. The normalized spacial score (nSPS) is 35.7. The van der Waals surface area contributed by atoms with Crippen molar-refractivity contribution >= 4 is 21.4 Å². The Balaban J connectivity index is 1.46. The molecule has 0 saturated carbocycles. The van der Waals surface area contributed by atoms with Gasteiger partial charge in [-0.1, -0.05) is 0 Å². The molecule has 3 aliphatic rings. The minimum Gasteiger partial charge on any atom is -0.370 e. The summed E-state index contributed by atoms with van der Waals surface area (Å²) in [7, 11) is -3.15. The van der Waals surface area contributed by atoms with Gasteiger partial charge in [0.05, 0.1) is 30.2 Å². The largest absolute Gasteiger partial charge is 0.370 e. The quantitative estimate of drug-likeness (QED) is 0.844. The Kier molecular flexibility index (Phi) is 4.04. The van der Waals surface area contributed by atoms with E-state index in [0.29, 0.717) is 18.4 Å². The van der Waals surface area contributed by atoms with Crippen LogP contribution < -0.4 is 4.72 Å². The summed E-state index contributed by atoms with van der Waals surface area (Å²) in [6, 6.07) is 0. The van der Waals surface area contributed by atoms with Crippen molar-refractivity contribution in [2.45, 2.75) is 44.9 Å². The Bertz CT molecular complexity index is 728. The van der Waals surface area contributed by atoms with Gasteiger partial charge in [0.2, 0.25) is 10.0 Å². The molecule has 8 heteroatoms. The zero-order valence-electron chi connectivity index (χ0n) is 14.4. The van der Waals surface area contributed by atoms with Gasteiger partial charge in [-0.25, -0.2) is 18.1 Å². The van der Waals surface area contributed by atoms with E-state index in [1.807, 2.05) is 0 Å². The molecule has 0 radical (unpaired) electrons. The fourth-order valence-electron chi connectivity index (χ4n) is 4.73. The maximum Gasteiger partial charge on any atom is 0.208 e. The van der Waals surface area contributed by atoms with Crippen LogP contribution in [0.1, 0.15) is 28.4 Å². The van der Waals surface area contributed by atoms with Gasteiger partial charge in [-0.15, -0.1) is 11.3 Å². The lowest BCUT2D eigenvalue weighted by molar-refractivity contribution is 0.00219. The van der Waals surface area contributed by atoms with Crippen LogP contribution in [0.25, 0.3) is 0 Å². The van der Waals surface area contributed by atoms with Gasteiger partial charge < -0.3 is 4.74 Å². The Hall–Kier alpha value is -0.540. The van der Waals surface area contributed by atoms with Crippen LogP contribution in [0.3, 0.4) is 0 Å². The number of ether oxygens (including phenoxy) is 1. The summed E-state index contributed by atoms with van der Waals surface area (Å²) in [6.45, 7) is 7.47. The molecule has 24 heavy (non-hydrogen) atoms. The Morgan fingerprint density at radius 2 is 2.25 bits per heavy atom. The van der Waals surface area contributed by atoms with E-state index in [2.05, 4.69) is 28.5 Å². The second-order valence-electron chi connectivity index (χ2n) is 7.57. The smallest absolute Gasteiger partial charge is 0.208 e. The molecule has 2 bridgehead atoms. The predicted molar refractivity (Wildman–Crippen MR) is 93.5 cm³/mol. The van der Waals surface area contributed by atoms with Crippen LogP contribution >= 0.6 is 11.3 Å². The van der Waals surface area contributed by atoms with Gasteiger partial charge in [0.1, 0.15) is 5.01 Å². The zero-order chi connectivity index (χ0) is 17.1. The van der Waals surface area contributed by atoms with E-state index < -0.39 is 10.0 Å². The number of nitrogens with zero attached hydrogens (tertiary/aromatic N) is 2. The van der Waals surface area contributed by atoms with Crippen molar-refractivity contribution in [1.82, 2.24) is 14.6 Å². The van der Waals surface area contributed by atoms with Crippen molar-refractivity contribution in [1.29, 1.82) is 0 Å². The molecule has 3 aliphatic heterocycles. The number of aromatic nitrogens is 1. The highest BCUT2D eigenvalue weighted by molar-refractivity contribution is 7.88. The first-order chi connectivity index (χ1) is 11.3. The fraction of sp³-hybridized carbons (Fsp3) is 0.812. The number of likely N-dealkylation sites (tertiary alicyclic amines) is 1. The van der Waals surface area contributed by atoms with E-state index in [1.165, 1.54) is 16.1 Å². The van der Waals surface area contributed by atoms with Crippen LogP contribution in [-0.2, 0) is 21.3 Å². The van der Waals surface area contributed by atoms with Crippen LogP contribution in [-0.4, -0.2) is 55.9 Å². The van der Waals surface area contributed by atoms with Crippen molar-refractivity contribution in [3.63, 3.8) is 0 Å². The molecule has 0 aliphatic carbocycles. The van der Waals surface area contributed by atoms with E-state index in [-0.39, 0.29) is 11.7 Å². The summed E-state index contributed by atoms with van der Waals surface area (Å²) >= 11 is 1.78. The van der Waals surface area contributed by atoms with Gasteiger partial charge in [0.15, 0.2) is 0 Å². The number of sulfonamides is 1. The molecule has 1 N–H and O–H groups in total. The van der Waals surface area contributed by atoms with Crippen molar-refractivity contribution < 1.29 is 13.2 Å². The highest BCUT2D eigenvalue weighted by Crippen LogP contribution is 2.54. The highest BCUT2D eigenvalue weighted by Gasteiger charge is 2.62. The number of thiazole rings is 1. The summed E-state index contributed by atoms with van der Waals surface area (Å²) < 4.78 is 32.0. The molecule has 0 amide bonds. The van der Waals surface area contributed by atoms with Crippen LogP contribution in [0, 0.1) is 25.7 Å². The first kappa shape index (κ1) is 16.9. The van der Waals surface area contributed by atoms with E-state index in [4.69, 9.17) is 4.74 Å². The number of aryl methyl sites for hydroxylation is 2. The topological polar surface area (TPSA) is 71.5 Å². The summed E-state index contributed by atoms with van der Waals surface area (Å²) in [6.07, 6.45) is 3.60. The molecule has 0 unspecified atom stereocenters. The first-order valence-corrected chi connectivity index (χ1v) is 11.2. The van der Waals surface area contributed by atoms with Gasteiger partial charge >= 0.3 is 0 Å². The lowest BCUT2D eigenvalue weighted by atomic mass is 9.74. The second kappa shape index (κ2) is 5.74. The van der Waals surface area contributed by atoms with Gasteiger partial charge in [-0.2, -0.15) is 0 Å². The molecule has 1 aromatic rings. The van der Waals surface area contributed by atoms with Gasteiger partial charge in [-0.3, -0.25) is 4.90 Å². The van der Waals surface area contributed by atoms with E-state index in [9.17, 15) is 8.42 Å². The number of hydrogen-bond donors (Lipinski definition) is 1. The van der Waals surface area contributed by atoms with E-state index in [1.54, 1.807) is 11.3 Å². The Morgan fingerprint density at radius 3 is 2.92 bits per heavy atom. The SMILES string of the molecule is Cc1nc(CN2C[C@@H]3[C@H](CNS(C)(=O)=O)[C@H]4CC[C@]3(C2)O4)sc1C. The van der Waals surface area contributed by atoms with Crippen LogP contribution in [0.15, 0.2) is 0 Å². The second-order valence-corrected chi connectivity index (χ2v) is 10.7. The average Bonchev–Trinajstić information content (AvgIpc) is 3.16. The molecule has 4 heterocycles. The minimum absolute atomic E-state index is 0.0597. The van der Waals surface area contributed by atoms with Gasteiger partial charge in [-0.05, 0) is 26.7 Å². The molecule has 1 aromatic heterocycles. The summed E-state index contributed by atoms with van der Waals surface area (Å²) in [4.78, 5) is 8.39. The number of hydrogen-bond acceptors (Lipinski definition) is 6. The summed E-state index contributed by atoms with van der Waals surface area (Å²) in [5, 5.41) is 1.17. The first-order valence-electron chi connectivity index (χ1n) is 8.53. The number of nitrogens with one attached hydrogen (secondary N) is 1. The van der Waals surface area contributed by atoms with E-state index >= 15 is 0 Å². The Labute approximate surface area is 147 Å². The molecule has 3 saturated heterocycles. The third-order valence-electron chi connectivity index (χ3n) is 5.87. The van der Waals surface area contributed by atoms with E-state index in [0.717, 1.165) is 38.2 Å². The van der Waals surface area contributed by atoms with Gasteiger partial charge in [0, 0.05) is 36.3 Å². The molecule has 4 rings (SSSR count). The van der Waals surface area contributed by atoms with Crippen molar-refractivity contribution in [3.05, 3.63) is 15.6 Å². The maximum atomic E-state index is 11.5. The molecule has 4 atom stereocenters. The number of rotatable bonds is 5. The summed E-state index contributed by atoms with van der Waals surface area (Å²) in [5.74, 6) is 0.714. The van der Waals surface area contributed by atoms with Crippen LogP contribution in [0.5, 0.6) is 0 Å². The molecule has 134 valence electrons.